The van der Waals surface area contributed by atoms with Crippen LogP contribution in [0.1, 0.15) is 33.1 Å². The molecule has 0 radical (unpaired) electrons. The maximum Gasteiger partial charge on any atom is 0.245 e. The molecule has 0 aromatic carbocycles. The maximum atomic E-state index is 11.5. The Kier molecular flexibility index (Phi) is 6.12. The van der Waals surface area contributed by atoms with E-state index in [9.17, 15) is 9.59 Å². The molecule has 0 bridgehead atoms. The van der Waals surface area contributed by atoms with E-state index in [1.54, 1.807) is 0 Å². The van der Waals surface area contributed by atoms with Crippen molar-refractivity contribution in [2.75, 3.05) is 13.1 Å². The number of carbonyl (C=O) groups excluding carboxylic acids is 2. The van der Waals surface area contributed by atoms with Crippen LogP contribution < -0.4 is 16.8 Å². The number of amides is 1. The zero-order chi connectivity index (χ0) is 11.9. The van der Waals surface area contributed by atoms with Crippen LogP contribution in [0.5, 0.6) is 0 Å². The third-order valence-electron chi connectivity index (χ3n) is 2.45. The Bertz CT molecular complexity index is 215. The summed E-state index contributed by atoms with van der Waals surface area (Å²) in [4.78, 5) is 22.9. The summed E-state index contributed by atoms with van der Waals surface area (Å²) >= 11 is 0. The zero-order valence-corrected chi connectivity index (χ0v) is 9.51. The molecule has 5 heteroatoms. The lowest BCUT2D eigenvalue weighted by molar-refractivity contribution is -0.135. The van der Waals surface area contributed by atoms with Gasteiger partial charge in [-0.25, -0.2) is 0 Å². The summed E-state index contributed by atoms with van der Waals surface area (Å²) in [6, 6.07) is 0. The fraction of sp³-hybridized carbons (Fsp3) is 0.800. The fourth-order valence-electron chi connectivity index (χ4n) is 1.55. The van der Waals surface area contributed by atoms with Crippen molar-refractivity contribution in [3.8, 4) is 0 Å². The molecule has 0 rings (SSSR count). The lowest BCUT2D eigenvalue weighted by atomic mass is 9.88. The van der Waals surface area contributed by atoms with Crippen molar-refractivity contribution in [1.82, 2.24) is 5.32 Å². The summed E-state index contributed by atoms with van der Waals surface area (Å²) in [5.74, 6) is -0.831. The number of nitrogens with two attached hydrogens (primary N) is 2. The van der Waals surface area contributed by atoms with E-state index >= 15 is 0 Å². The molecule has 0 aliphatic heterocycles. The van der Waals surface area contributed by atoms with Gasteiger partial charge >= 0.3 is 0 Å². The van der Waals surface area contributed by atoms with Crippen molar-refractivity contribution in [3.05, 3.63) is 0 Å². The topological polar surface area (TPSA) is 98.2 Å². The van der Waals surface area contributed by atoms with Gasteiger partial charge in [-0.15, -0.1) is 0 Å². The molecular formula is C10H21N3O2. The molecule has 1 amide bonds. The molecule has 0 saturated heterocycles. The Morgan fingerprint density at radius 1 is 1.40 bits per heavy atom. The monoisotopic (exact) mass is 215 g/mol. The number of hydrogen-bond acceptors (Lipinski definition) is 4. The molecule has 5 N–H and O–H groups in total. The summed E-state index contributed by atoms with van der Waals surface area (Å²) in [7, 11) is 0. The number of ketones is 1. The lowest BCUT2D eigenvalue weighted by Crippen LogP contribution is -2.60. The molecule has 1 unspecified atom stereocenters. The number of hydrogen-bond donors (Lipinski definition) is 3. The summed E-state index contributed by atoms with van der Waals surface area (Å²) in [5, 5.41) is 2.93. The molecule has 5 nitrogen and oxygen atoms in total. The number of nitrogens with one attached hydrogen (secondary N) is 1. The molecule has 0 aliphatic rings. The smallest absolute Gasteiger partial charge is 0.245 e. The van der Waals surface area contributed by atoms with Gasteiger partial charge in [0.2, 0.25) is 5.91 Å². The van der Waals surface area contributed by atoms with Crippen LogP contribution >= 0.6 is 0 Å². The van der Waals surface area contributed by atoms with E-state index in [4.69, 9.17) is 11.5 Å². The van der Waals surface area contributed by atoms with E-state index in [0.717, 1.165) is 6.42 Å². The molecule has 88 valence electrons. The van der Waals surface area contributed by atoms with Gasteiger partial charge in [-0.2, -0.15) is 0 Å². The fourth-order valence-corrected chi connectivity index (χ4v) is 1.55. The number of Topliss-reactive ketones (excluding diaryl/α,β-unsaturated/α-hetero) is 1. The van der Waals surface area contributed by atoms with Gasteiger partial charge < -0.3 is 11.5 Å². The van der Waals surface area contributed by atoms with Crippen molar-refractivity contribution in [2.24, 2.45) is 11.5 Å². The second-order valence-corrected chi connectivity index (χ2v) is 3.64. The molecular weight excluding hydrogens is 194 g/mol. The van der Waals surface area contributed by atoms with Gasteiger partial charge in [-0.3, -0.25) is 14.9 Å². The Hall–Kier alpha value is -0.940. The zero-order valence-electron chi connectivity index (χ0n) is 9.51. The highest BCUT2D eigenvalue weighted by Gasteiger charge is 2.39. The maximum absolute atomic E-state index is 11.5. The number of carbonyl (C=O) groups is 2. The quantitative estimate of drug-likeness (QED) is 0.377. The molecule has 15 heavy (non-hydrogen) atoms. The highest BCUT2D eigenvalue weighted by atomic mass is 16.2. The minimum absolute atomic E-state index is 0.228. The minimum Gasteiger partial charge on any atom is -0.368 e. The van der Waals surface area contributed by atoms with E-state index in [1.807, 2.05) is 6.92 Å². The standard InChI is InChI=1S/C10H21N3O2/c1-3-5-10(8(2)14,9(12)15)13-7-4-6-11/h13H,3-7,11H2,1-2H3,(H2,12,15). The minimum atomic E-state index is -1.20. The molecule has 0 aromatic rings. The highest BCUT2D eigenvalue weighted by Crippen LogP contribution is 2.14. The van der Waals surface area contributed by atoms with Crippen LogP contribution in [0, 0.1) is 0 Å². The summed E-state index contributed by atoms with van der Waals surface area (Å²) < 4.78 is 0. The van der Waals surface area contributed by atoms with Crippen LogP contribution in [0.3, 0.4) is 0 Å². The van der Waals surface area contributed by atoms with Crippen molar-refractivity contribution in [2.45, 2.75) is 38.6 Å². The van der Waals surface area contributed by atoms with Crippen LogP contribution in [0.4, 0.5) is 0 Å². The Morgan fingerprint density at radius 2 is 2.00 bits per heavy atom. The molecule has 0 saturated carbocycles. The van der Waals surface area contributed by atoms with Crippen molar-refractivity contribution < 1.29 is 9.59 Å². The van der Waals surface area contributed by atoms with Crippen molar-refractivity contribution in [1.29, 1.82) is 0 Å². The second-order valence-electron chi connectivity index (χ2n) is 3.64. The molecule has 0 heterocycles. The van der Waals surface area contributed by atoms with E-state index in [0.29, 0.717) is 25.9 Å². The second kappa shape index (κ2) is 6.53. The van der Waals surface area contributed by atoms with Crippen LogP contribution in [-0.4, -0.2) is 30.3 Å². The van der Waals surface area contributed by atoms with Gasteiger partial charge in [-0.05, 0) is 32.9 Å². The first kappa shape index (κ1) is 14.1. The third kappa shape index (κ3) is 3.60. The molecule has 0 aliphatic carbocycles. The predicted molar refractivity (Wildman–Crippen MR) is 59.2 cm³/mol. The molecule has 0 fully saturated rings. The van der Waals surface area contributed by atoms with Crippen LogP contribution in [-0.2, 0) is 9.59 Å². The molecule has 0 aromatic heterocycles. The first-order chi connectivity index (χ1) is 7.01. The van der Waals surface area contributed by atoms with Crippen LogP contribution in [0.25, 0.3) is 0 Å². The predicted octanol–water partition coefficient (Wildman–Crippen LogP) is -0.462. The molecule has 1 atom stereocenters. The van der Waals surface area contributed by atoms with Gasteiger partial charge in [0.25, 0.3) is 0 Å². The Balaban J connectivity index is 4.63. The largest absolute Gasteiger partial charge is 0.368 e. The summed E-state index contributed by atoms with van der Waals surface area (Å²) in [6.45, 7) is 4.34. The Morgan fingerprint density at radius 3 is 2.33 bits per heavy atom. The van der Waals surface area contributed by atoms with Crippen molar-refractivity contribution in [3.63, 3.8) is 0 Å². The van der Waals surface area contributed by atoms with E-state index < -0.39 is 11.4 Å². The SMILES string of the molecule is CCCC(NCCCN)(C(C)=O)C(N)=O. The van der Waals surface area contributed by atoms with E-state index in [1.165, 1.54) is 6.92 Å². The third-order valence-corrected chi connectivity index (χ3v) is 2.45. The Labute approximate surface area is 90.6 Å². The van der Waals surface area contributed by atoms with Crippen LogP contribution in [0.15, 0.2) is 0 Å². The molecule has 0 spiro atoms. The van der Waals surface area contributed by atoms with Gasteiger partial charge in [0.15, 0.2) is 11.3 Å². The van der Waals surface area contributed by atoms with Crippen LogP contribution in [0.2, 0.25) is 0 Å². The van der Waals surface area contributed by atoms with Gasteiger partial charge in [-0.1, -0.05) is 13.3 Å². The lowest BCUT2D eigenvalue weighted by Gasteiger charge is -2.28. The van der Waals surface area contributed by atoms with E-state index in [-0.39, 0.29) is 5.78 Å². The normalized spacial score (nSPS) is 14.6. The number of rotatable bonds is 8. The average molecular weight is 215 g/mol. The van der Waals surface area contributed by atoms with Gasteiger partial charge in [0, 0.05) is 0 Å². The average Bonchev–Trinajstić information content (AvgIpc) is 2.15. The summed E-state index contributed by atoms with van der Waals surface area (Å²) in [6.07, 6.45) is 1.87. The number of primary amides is 1. The highest BCUT2D eigenvalue weighted by molar-refractivity contribution is 6.09. The first-order valence-corrected chi connectivity index (χ1v) is 5.27. The van der Waals surface area contributed by atoms with Crippen molar-refractivity contribution >= 4 is 11.7 Å². The van der Waals surface area contributed by atoms with E-state index in [2.05, 4.69) is 5.32 Å². The first-order valence-electron chi connectivity index (χ1n) is 5.27. The summed E-state index contributed by atoms with van der Waals surface area (Å²) in [5.41, 5.74) is 9.43. The van der Waals surface area contributed by atoms with Gasteiger partial charge in [0.1, 0.15) is 0 Å². The van der Waals surface area contributed by atoms with Gasteiger partial charge in [0.05, 0.1) is 0 Å².